The molecule has 0 saturated carbocycles. The number of anilines is 1. The van der Waals surface area contributed by atoms with Gasteiger partial charge in [-0.05, 0) is 13.0 Å². The van der Waals surface area contributed by atoms with E-state index in [0.29, 0.717) is 11.6 Å². The van der Waals surface area contributed by atoms with E-state index in [4.69, 9.17) is 5.11 Å². The molecule has 0 fully saturated rings. The average Bonchev–Trinajstić information content (AvgIpc) is 3.37. The van der Waals surface area contributed by atoms with Crippen LogP contribution in [-0.2, 0) is 7.05 Å². The van der Waals surface area contributed by atoms with Gasteiger partial charge in [-0.2, -0.15) is 10.1 Å². The van der Waals surface area contributed by atoms with Gasteiger partial charge in [0.05, 0.1) is 24.1 Å². The number of aryl methyl sites for hydroxylation is 1. The maximum Gasteiger partial charge on any atom is 0.275 e. The van der Waals surface area contributed by atoms with E-state index in [-0.39, 0.29) is 17.9 Å². The number of nitrogens with zero attached hydrogens (tertiary/aromatic N) is 5. The number of rotatable bonds is 6. The van der Waals surface area contributed by atoms with Gasteiger partial charge in [0.15, 0.2) is 0 Å². The van der Waals surface area contributed by atoms with Gasteiger partial charge in [-0.15, -0.1) is 0 Å². The molecule has 0 aliphatic heterocycles. The lowest BCUT2D eigenvalue weighted by molar-refractivity contribution is 0.0911. The standard InChI is InChI=1S/C21H21N7O3/c1-13(12-29)23-19(30)15-10-22-27(2)18(15)20(31)25-17-8-9-28-11-16(24-21(28)26-17)14-6-4-3-5-7-14/h3-11,13,29H,12H2,1-2H3,(H,23,30)(H,24,25,26,31). The van der Waals surface area contributed by atoms with E-state index in [0.717, 1.165) is 11.3 Å². The van der Waals surface area contributed by atoms with Crippen molar-refractivity contribution < 1.29 is 14.7 Å². The molecular formula is C21H21N7O3. The molecule has 0 bridgehead atoms. The zero-order chi connectivity index (χ0) is 22.0. The predicted octanol–water partition coefficient (Wildman–Crippen LogP) is 1.49. The molecule has 3 aromatic heterocycles. The summed E-state index contributed by atoms with van der Waals surface area (Å²) in [5, 5.41) is 18.5. The molecular weight excluding hydrogens is 398 g/mol. The minimum absolute atomic E-state index is 0.0811. The first-order valence-corrected chi connectivity index (χ1v) is 9.62. The van der Waals surface area contributed by atoms with E-state index in [9.17, 15) is 9.59 Å². The molecule has 158 valence electrons. The van der Waals surface area contributed by atoms with E-state index in [2.05, 4.69) is 25.7 Å². The lowest BCUT2D eigenvalue weighted by Gasteiger charge is -2.11. The Hall–Kier alpha value is -4.05. The maximum absolute atomic E-state index is 12.9. The summed E-state index contributed by atoms with van der Waals surface area (Å²) in [6, 6.07) is 10.9. The molecule has 4 rings (SSSR count). The highest BCUT2D eigenvalue weighted by molar-refractivity contribution is 6.10. The molecule has 2 amide bonds. The molecule has 4 aromatic rings. The number of hydrogen-bond acceptors (Lipinski definition) is 6. The van der Waals surface area contributed by atoms with Crippen molar-refractivity contribution in [1.29, 1.82) is 0 Å². The third-order valence-corrected chi connectivity index (χ3v) is 4.69. The number of imidazole rings is 1. The monoisotopic (exact) mass is 419 g/mol. The van der Waals surface area contributed by atoms with Gasteiger partial charge in [-0.25, -0.2) is 4.98 Å². The number of amides is 2. The smallest absolute Gasteiger partial charge is 0.275 e. The van der Waals surface area contributed by atoms with Gasteiger partial charge in [-0.1, -0.05) is 30.3 Å². The Kier molecular flexibility index (Phi) is 5.46. The van der Waals surface area contributed by atoms with Gasteiger partial charge in [0.25, 0.3) is 11.8 Å². The van der Waals surface area contributed by atoms with Crippen LogP contribution in [0.15, 0.2) is 55.0 Å². The van der Waals surface area contributed by atoms with Crippen molar-refractivity contribution in [3.8, 4) is 11.3 Å². The normalized spacial score (nSPS) is 12.0. The molecule has 1 aromatic carbocycles. The highest BCUT2D eigenvalue weighted by Gasteiger charge is 2.23. The van der Waals surface area contributed by atoms with Gasteiger partial charge in [0.2, 0.25) is 5.78 Å². The third kappa shape index (κ3) is 4.14. The fourth-order valence-electron chi connectivity index (χ4n) is 3.09. The lowest BCUT2D eigenvalue weighted by atomic mass is 10.2. The van der Waals surface area contributed by atoms with Crippen LogP contribution in [0.25, 0.3) is 17.0 Å². The zero-order valence-corrected chi connectivity index (χ0v) is 17.0. The Morgan fingerprint density at radius 2 is 1.90 bits per heavy atom. The highest BCUT2D eigenvalue weighted by atomic mass is 16.3. The van der Waals surface area contributed by atoms with Gasteiger partial charge in [0.1, 0.15) is 11.5 Å². The molecule has 1 unspecified atom stereocenters. The highest BCUT2D eigenvalue weighted by Crippen LogP contribution is 2.19. The van der Waals surface area contributed by atoms with Gasteiger partial charge in [0, 0.05) is 31.0 Å². The minimum Gasteiger partial charge on any atom is -0.394 e. The summed E-state index contributed by atoms with van der Waals surface area (Å²) in [6.45, 7) is 1.44. The number of carbonyl (C=O) groups excluding carboxylic acids is 2. The number of hydrogen-bond donors (Lipinski definition) is 3. The van der Waals surface area contributed by atoms with Crippen molar-refractivity contribution in [2.45, 2.75) is 13.0 Å². The topological polar surface area (TPSA) is 126 Å². The summed E-state index contributed by atoms with van der Waals surface area (Å²) in [4.78, 5) is 34.2. The Bertz CT molecular complexity index is 1250. The van der Waals surface area contributed by atoms with Crippen LogP contribution in [0.4, 0.5) is 5.82 Å². The molecule has 3 heterocycles. The number of aliphatic hydroxyl groups excluding tert-OH is 1. The Balaban J connectivity index is 1.58. The summed E-state index contributed by atoms with van der Waals surface area (Å²) in [5.41, 5.74) is 1.91. The van der Waals surface area contributed by atoms with Crippen LogP contribution in [0.2, 0.25) is 0 Å². The number of aromatic nitrogens is 5. The van der Waals surface area contributed by atoms with Crippen molar-refractivity contribution in [3.05, 3.63) is 66.2 Å². The second-order valence-electron chi connectivity index (χ2n) is 7.05. The number of aliphatic hydroxyl groups is 1. The third-order valence-electron chi connectivity index (χ3n) is 4.69. The summed E-state index contributed by atoms with van der Waals surface area (Å²) >= 11 is 0. The molecule has 0 radical (unpaired) electrons. The van der Waals surface area contributed by atoms with Gasteiger partial charge < -0.3 is 15.7 Å². The molecule has 0 saturated heterocycles. The first-order valence-electron chi connectivity index (χ1n) is 9.62. The number of carbonyl (C=O) groups is 2. The number of nitrogens with one attached hydrogen (secondary N) is 2. The molecule has 0 aliphatic carbocycles. The SMILES string of the molecule is CC(CO)NC(=O)c1cnn(C)c1C(=O)Nc1ccn2cc(-c3ccccc3)nc2n1. The van der Waals surface area contributed by atoms with Crippen LogP contribution in [0.1, 0.15) is 27.8 Å². The molecule has 0 aliphatic rings. The Morgan fingerprint density at radius 1 is 1.13 bits per heavy atom. The van der Waals surface area contributed by atoms with E-state index in [1.807, 2.05) is 36.5 Å². The van der Waals surface area contributed by atoms with E-state index >= 15 is 0 Å². The van der Waals surface area contributed by atoms with Gasteiger partial charge >= 0.3 is 0 Å². The fraction of sp³-hybridized carbons (Fsp3) is 0.190. The molecule has 31 heavy (non-hydrogen) atoms. The van der Waals surface area contributed by atoms with Crippen LogP contribution in [0.5, 0.6) is 0 Å². The van der Waals surface area contributed by atoms with Crippen molar-refractivity contribution >= 4 is 23.4 Å². The van der Waals surface area contributed by atoms with E-state index < -0.39 is 17.9 Å². The van der Waals surface area contributed by atoms with Crippen LogP contribution in [0, 0.1) is 0 Å². The predicted molar refractivity (Wildman–Crippen MR) is 114 cm³/mol. The van der Waals surface area contributed by atoms with Crippen LogP contribution in [0.3, 0.4) is 0 Å². The summed E-state index contributed by atoms with van der Waals surface area (Å²) in [6.07, 6.45) is 4.91. The Labute approximate surface area is 177 Å². The quantitative estimate of drug-likeness (QED) is 0.435. The van der Waals surface area contributed by atoms with Crippen LogP contribution in [-0.4, -0.2) is 53.7 Å². The van der Waals surface area contributed by atoms with Gasteiger partial charge in [-0.3, -0.25) is 18.7 Å². The Morgan fingerprint density at radius 3 is 2.65 bits per heavy atom. The number of benzene rings is 1. The minimum atomic E-state index is -0.534. The van der Waals surface area contributed by atoms with Crippen molar-refractivity contribution in [1.82, 2.24) is 29.5 Å². The summed E-state index contributed by atoms with van der Waals surface area (Å²) in [7, 11) is 1.57. The molecule has 10 nitrogen and oxygen atoms in total. The van der Waals surface area contributed by atoms with Crippen molar-refractivity contribution in [2.24, 2.45) is 7.05 Å². The summed E-state index contributed by atoms with van der Waals surface area (Å²) in [5.74, 6) is -0.312. The molecule has 1 atom stereocenters. The molecule has 0 spiro atoms. The van der Waals surface area contributed by atoms with Crippen LogP contribution < -0.4 is 10.6 Å². The number of fused-ring (bicyclic) bond motifs is 1. The van der Waals surface area contributed by atoms with Crippen molar-refractivity contribution in [3.63, 3.8) is 0 Å². The lowest BCUT2D eigenvalue weighted by Crippen LogP contribution is -2.36. The largest absolute Gasteiger partial charge is 0.394 e. The van der Waals surface area contributed by atoms with E-state index in [1.165, 1.54) is 10.9 Å². The first-order chi connectivity index (χ1) is 15.0. The van der Waals surface area contributed by atoms with Crippen molar-refractivity contribution in [2.75, 3.05) is 11.9 Å². The first kappa shape index (κ1) is 20.2. The van der Waals surface area contributed by atoms with Crippen LogP contribution >= 0.6 is 0 Å². The fourth-order valence-corrected chi connectivity index (χ4v) is 3.09. The van der Waals surface area contributed by atoms with E-state index in [1.54, 1.807) is 30.6 Å². The average molecular weight is 419 g/mol. The molecule has 10 heteroatoms. The maximum atomic E-state index is 12.9. The second kappa shape index (κ2) is 8.36. The zero-order valence-electron chi connectivity index (χ0n) is 17.0. The summed E-state index contributed by atoms with van der Waals surface area (Å²) < 4.78 is 3.08. The molecule has 3 N–H and O–H groups in total. The second-order valence-corrected chi connectivity index (χ2v) is 7.05.